The van der Waals surface area contributed by atoms with Crippen LogP contribution in [0.3, 0.4) is 0 Å². The van der Waals surface area contributed by atoms with E-state index < -0.39 is 0 Å². The van der Waals surface area contributed by atoms with Gasteiger partial charge in [0.25, 0.3) is 5.91 Å². The van der Waals surface area contributed by atoms with Crippen LogP contribution in [0.25, 0.3) is 0 Å². The summed E-state index contributed by atoms with van der Waals surface area (Å²) in [6.45, 7) is 2.73. The van der Waals surface area contributed by atoms with Crippen molar-refractivity contribution in [2.45, 2.75) is 32.4 Å². The largest absolute Gasteiger partial charge is 0.397 e. The zero-order valence-corrected chi connectivity index (χ0v) is 12.6. The van der Waals surface area contributed by atoms with Gasteiger partial charge in [0.2, 0.25) is 0 Å². The zero-order chi connectivity index (χ0) is 14.3. The molecule has 0 spiro atoms. The maximum atomic E-state index is 12.6. The van der Waals surface area contributed by atoms with Gasteiger partial charge in [-0.2, -0.15) is 0 Å². The lowest BCUT2D eigenvalue weighted by atomic mass is 10.2. The first-order valence-electron chi connectivity index (χ1n) is 6.82. The summed E-state index contributed by atoms with van der Waals surface area (Å²) in [7, 11) is 1.85. The van der Waals surface area contributed by atoms with E-state index in [2.05, 4.69) is 18.4 Å². The number of rotatable bonds is 4. The molecule has 2 aromatic rings. The van der Waals surface area contributed by atoms with E-state index in [1.54, 1.807) is 22.3 Å². The topological polar surface area (TPSA) is 51.3 Å². The molecule has 1 fully saturated rings. The van der Waals surface area contributed by atoms with Gasteiger partial charge in [0.05, 0.1) is 12.2 Å². The van der Waals surface area contributed by atoms with Crippen LogP contribution in [0.5, 0.6) is 0 Å². The summed E-state index contributed by atoms with van der Waals surface area (Å²) in [5.74, 6) is 0.0430. The van der Waals surface area contributed by atoms with E-state index in [9.17, 15) is 4.79 Å². The summed E-state index contributed by atoms with van der Waals surface area (Å²) >= 11 is 1.69. The first-order chi connectivity index (χ1) is 9.56. The van der Waals surface area contributed by atoms with E-state index in [0.717, 1.165) is 12.8 Å². The maximum absolute atomic E-state index is 12.6. The summed E-state index contributed by atoms with van der Waals surface area (Å²) in [5.41, 5.74) is 8.47. The Morgan fingerprint density at radius 3 is 2.90 bits per heavy atom. The van der Waals surface area contributed by atoms with Gasteiger partial charge in [-0.1, -0.05) is 0 Å². The smallest absolute Gasteiger partial charge is 0.270 e. The molecule has 0 unspecified atom stereocenters. The lowest BCUT2D eigenvalue weighted by molar-refractivity contribution is 0.0775. The van der Waals surface area contributed by atoms with Crippen LogP contribution in [0.15, 0.2) is 23.7 Å². The van der Waals surface area contributed by atoms with Crippen molar-refractivity contribution in [2.24, 2.45) is 0 Å². The average molecular weight is 289 g/mol. The molecule has 0 aromatic carbocycles. The van der Waals surface area contributed by atoms with Crippen molar-refractivity contribution in [3.63, 3.8) is 0 Å². The van der Waals surface area contributed by atoms with Crippen LogP contribution in [0.4, 0.5) is 5.69 Å². The lowest BCUT2D eigenvalue weighted by Crippen LogP contribution is -2.28. The number of hydrogen-bond acceptors (Lipinski definition) is 3. The number of thiophene rings is 1. The van der Waals surface area contributed by atoms with Gasteiger partial charge in [0, 0.05) is 24.2 Å². The highest BCUT2D eigenvalue weighted by molar-refractivity contribution is 7.10. The van der Waals surface area contributed by atoms with Gasteiger partial charge < -0.3 is 15.2 Å². The predicted octanol–water partition coefficient (Wildman–Crippen LogP) is 3.05. The Balaban J connectivity index is 1.80. The number of carbonyl (C=O) groups is 1. The van der Waals surface area contributed by atoms with Gasteiger partial charge >= 0.3 is 0 Å². The van der Waals surface area contributed by atoms with Crippen molar-refractivity contribution >= 4 is 22.9 Å². The van der Waals surface area contributed by atoms with Gasteiger partial charge in [-0.25, -0.2) is 0 Å². The molecule has 5 heteroatoms. The van der Waals surface area contributed by atoms with Gasteiger partial charge in [-0.05, 0) is 42.8 Å². The Bertz CT molecular complexity index is 639. The van der Waals surface area contributed by atoms with E-state index in [0.29, 0.717) is 24.0 Å². The summed E-state index contributed by atoms with van der Waals surface area (Å²) < 4.78 is 2.04. The molecule has 4 nitrogen and oxygen atoms in total. The van der Waals surface area contributed by atoms with E-state index in [4.69, 9.17) is 5.73 Å². The Hall–Kier alpha value is -1.75. The van der Waals surface area contributed by atoms with Crippen molar-refractivity contribution < 1.29 is 4.79 Å². The molecule has 0 saturated heterocycles. The maximum Gasteiger partial charge on any atom is 0.270 e. The molecule has 2 aromatic heterocycles. The number of amides is 1. The third-order valence-electron chi connectivity index (χ3n) is 3.72. The molecule has 1 aliphatic carbocycles. The number of carbonyl (C=O) groups excluding carboxylic acids is 1. The Kier molecular flexibility index (Phi) is 3.30. The van der Waals surface area contributed by atoms with Crippen molar-refractivity contribution in [3.8, 4) is 0 Å². The van der Waals surface area contributed by atoms with Crippen molar-refractivity contribution in [1.82, 2.24) is 9.47 Å². The molecule has 0 aliphatic heterocycles. The van der Waals surface area contributed by atoms with E-state index >= 15 is 0 Å². The molecule has 20 heavy (non-hydrogen) atoms. The lowest BCUT2D eigenvalue weighted by Gasteiger charge is -2.18. The number of aromatic nitrogens is 1. The van der Waals surface area contributed by atoms with E-state index in [1.807, 2.05) is 17.8 Å². The number of nitrogen functional groups attached to an aromatic ring is 1. The van der Waals surface area contributed by atoms with Crippen LogP contribution in [-0.4, -0.2) is 22.4 Å². The SMILES string of the molecule is Cc1ccsc1CN(C)C(=O)c1cc(N)cn1C1CC1. The third-order valence-corrected chi connectivity index (χ3v) is 4.73. The minimum absolute atomic E-state index is 0.0430. The standard InChI is InChI=1S/C15H19N3OS/c1-10-5-6-20-14(10)9-17(2)15(19)13-7-11(16)8-18(13)12-3-4-12/h5-8,12H,3-4,9,16H2,1-2H3. The number of nitrogens with zero attached hydrogens (tertiary/aromatic N) is 2. The van der Waals surface area contributed by atoms with Crippen molar-refractivity contribution in [3.05, 3.63) is 39.8 Å². The Labute approximate surface area is 122 Å². The highest BCUT2D eigenvalue weighted by atomic mass is 32.1. The van der Waals surface area contributed by atoms with Crippen LogP contribution >= 0.6 is 11.3 Å². The average Bonchev–Trinajstić information content (AvgIpc) is 3.08. The second kappa shape index (κ2) is 4.98. The minimum Gasteiger partial charge on any atom is -0.397 e. The normalized spacial score (nSPS) is 14.5. The Morgan fingerprint density at radius 1 is 1.55 bits per heavy atom. The van der Waals surface area contributed by atoms with Crippen LogP contribution in [-0.2, 0) is 6.54 Å². The molecule has 1 amide bonds. The highest BCUT2D eigenvalue weighted by Gasteiger charge is 2.28. The highest BCUT2D eigenvalue weighted by Crippen LogP contribution is 2.37. The second-order valence-corrected chi connectivity index (χ2v) is 6.49. The van der Waals surface area contributed by atoms with Crippen LogP contribution < -0.4 is 5.73 Å². The van der Waals surface area contributed by atoms with Crippen LogP contribution in [0, 0.1) is 6.92 Å². The number of aryl methyl sites for hydroxylation is 1. The molecular formula is C15H19N3OS. The fourth-order valence-corrected chi connectivity index (χ4v) is 3.33. The van der Waals surface area contributed by atoms with Gasteiger partial charge in [-0.3, -0.25) is 4.79 Å². The molecule has 106 valence electrons. The second-order valence-electron chi connectivity index (χ2n) is 5.49. The number of nitrogens with two attached hydrogens (primary N) is 1. The molecule has 0 atom stereocenters. The quantitative estimate of drug-likeness (QED) is 0.940. The molecule has 0 bridgehead atoms. The fraction of sp³-hybridized carbons (Fsp3) is 0.400. The predicted molar refractivity (Wildman–Crippen MR) is 82.0 cm³/mol. The van der Waals surface area contributed by atoms with Gasteiger partial charge in [-0.15, -0.1) is 11.3 Å². The fourth-order valence-electron chi connectivity index (χ4n) is 2.38. The molecule has 1 saturated carbocycles. The van der Waals surface area contributed by atoms with Crippen molar-refractivity contribution in [2.75, 3.05) is 12.8 Å². The third kappa shape index (κ3) is 2.45. The van der Waals surface area contributed by atoms with E-state index in [1.165, 1.54) is 10.4 Å². The number of hydrogen-bond donors (Lipinski definition) is 1. The first kappa shape index (κ1) is 13.2. The molecule has 2 heterocycles. The summed E-state index contributed by atoms with van der Waals surface area (Å²) in [5, 5.41) is 2.06. The molecule has 2 N–H and O–H groups in total. The zero-order valence-electron chi connectivity index (χ0n) is 11.8. The summed E-state index contributed by atoms with van der Waals surface area (Å²) in [6.07, 6.45) is 4.17. The van der Waals surface area contributed by atoms with Crippen molar-refractivity contribution in [1.29, 1.82) is 0 Å². The molecule has 0 radical (unpaired) electrons. The Morgan fingerprint density at radius 2 is 2.30 bits per heavy atom. The summed E-state index contributed by atoms with van der Waals surface area (Å²) in [4.78, 5) is 15.6. The first-order valence-corrected chi connectivity index (χ1v) is 7.70. The molecular weight excluding hydrogens is 270 g/mol. The molecule has 1 aliphatic rings. The number of anilines is 1. The molecule has 3 rings (SSSR count). The van der Waals surface area contributed by atoms with Gasteiger partial charge in [0.15, 0.2) is 0 Å². The van der Waals surface area contributed by atoms with E-state index in [-0.39, 0.29) is 5.91 Å². The summed E-state index contributed by atoms with van der Waals surface area (Å²) in [6, 6.07) is 4.34. The van der Waals surface area contributed by atoms with Crippen LogP contribution in [0.2, 0.25) is 0 Å². The van der Waals surface area contributed by atoms with Gasteiger partial charge in [0.1, 0.15) is 5.69 Å². The monoisotopic (exact) mass is 289 g/mol. The minimum atomic E-state index is 0.0430. The van der Waals surface area contributed by atoms with Crippen LogP contribution in [0.1, 0.15) is 39.8 Å².